The molecule has 0 spiro atoms. The number of rotatable bonds is 4. The molecular weight excluding hydrogens is 502 g/mol. The van der Waals surface area contributed by atoms with Crippen molar-refractivity contribution in [2.45, 2.75) is 57.7 Å². The average Bonchev–Trinajstić information content (AvgIpc) is 2.87. The molecule has 0 bridgehead atoms. The molecule has 38 heavy (non-hydrogen) atoms. The second kappa shape index (κ2) is 11.3. The molecule has 2 amide bonds. The van der Waals surface area contributed by atoms with E-state index in [1.54, 1.807) is 25.7 Å². The summed E-state index contributed by atoms with van der Waals surface area (Å²) in [7, 11) is 0. The van der Waals surface area contributed by atoms with Crippen molar-refractivity contribution < 1.29 is 31.9 Å². The van der Waals surface area contributed by atoms with Crippen LogP contribution in [-0.4, -0.2) is 71.1 Å². The van der Waals surface area contributed by atoms with Gasteiger partial charge in [0.1, 0.15) is 11.6 Å². The van der Waals surface area contributed by atoms with Crippen LogP contribution in [0, 0.1) is 23.3 Å². The van der Waals surface area contributed by atoms with Gasteiger partial charge in [-0.1, -0.05) is 12.1 Å². The monoisotopic (exact) mass is 535 g/mol. The second-order valence-electron chi connectivity index (χ2n) is 10.8. The topological polar surface area (TPSA) is 53.1 Å². The highest BCUT2D eigenvalue weighted by Gasteiger charge is 2.38. The van der Waals surface area contributed by atoms with E-state index >= 15 is 0 Å². The van der Waals surface area contributed by atoms with Crippen LogP contribution in [0.4, 0.5) is 22.4 Å². The molecule has 6 nitrogen and oxygen atoms in total. The van der Waals surface area contributed by atoms with Crippen molar-refractivity contribution in [3.05, 3.63) is 70.8 Å². The lowest BCUT2D eigenvalue weighted by molar-refractivity contribution is -0.140. The molecule has 2 aliphatic heterocycles. The highest BCUT2D eigenvalue weighted by atomic mass is 19.2. The van der Waals surface area contributed by atoms with Gasteiger partial charge in [0, 0.05) is 32.7 Å². The Labute approximate surface area is 220 Å². The van der Waals surface area contributed by atoms with Crippen LogP contribution in [-0.2, 0) is 9.53 Å². The number of hydrogen-bond acceptors (Lipinski definition) is 4. The number of carbonyl (C=O) groups is 2. The zero-order valence-electron chi connectivity index (χ0n) is 21.9. The van der Waals surface area contributed by atoms with Crippen molar-refractivity contribution in [1.82, 2.24) is 14.7 Å². The van der Waals surface area contributed by atoms with E-state index in [0.717, 1.165) is 37.1 Å². The van der Waals surface area contributed by atoms with Gasteiger partial charge in [0.05, 0.1) is 6.04 Å². The van der Waals surface area contributed by atoms with Crippen molar-refractivity contribution in [2.75, 3.05) is 32.7 Å². The number of amides is 2. The molecule has 0 N–H and O–H groups in total. The number of nitrogens with zero attached hydrogens (tertiary/aromatic N) is 3. The molecule has 1 unspecified atom stereocenters. The molecule has 10 heteroatoms. The first-order valence-electron chi connectivity index (χ1n) is 12.9. The Morgan fingerprint density at radius 3 is 1.87 bits per heavy atom. The SMILES string of the molecule is CC(C)(C)OC(=O)N1CCCCC1C(=O)N1CCN(C(c2ccc(F)c(F)c2)c2ccc(F)c(F)c2)CC1. The highest BCUT2D eigenvalue weighted by Crippen LogP contribution is 2.32. The predicted molar refractivity (Wildman–Crippen MR) is 133 cm³/mol. The molecule has 2 saturated heterocycles. The Balaban J connectivity index is 1.51. The van der Waals surface area contributed by atoms with Crippen LogP contribution >= 0.6 is 0 Å². The first-order chi connectivity index (χ1) is 17.9. The number of halogens is 4. The zero-order valence-corrected chi connectivity index (χ0v) is 21.9. The average molecular weight is 536 g/mol. The second-order valence-corrected chi connectivity index (χ2v) is 10.8. The minimum Gasteiger partial charge on any atom is -0.444 e. The van der Waals surface area contributed by atoms with Gasteiger partial charge in [-0.2, -0.15) is 0 Å². The maximum absolute atomic E-state index is 14.1. The molecule has 2 aromatic rings. The van der Waals surface area contributed by atoms with Crippen LogP contribution in [0.15, 0.2) is 36.4 Å². The van der Waals surface area contributed by atoms with Crippen molar-refractivity contribution in [3.8, 4) is 0 Å². The van der Waals surface area contributed by atoms with Crippen LogP contribution in [0.5, 0.6) is 0 Å². The minimum atomic E-state index is -1.04. The Kier molecular flexibility index (Phi) is 8.30. The fraction of sp³-hybridized carbons (Fsp3) is 0.500. The Hall–Kier alpha value is -3.14. The smallest absolute Gasteiger partial charge is 0.410 e. The van der Waals surface area contributed by atoms with Crippen molar-refractivity contribution >= 4 is 12.0 Å². The Morgan fingerprint density at radius 2 is 1.37 bits per heavy atom. The van der Waals surface area contributed by atoms with Crippen molar-refractivity contribution in [1.29, 1.82) is 0 Å². The lowest BCUT2D eigenvalue weighted by Gasteiger charge is -2.43. The largest absolute Gasteiger partial charge is 0.444 e. The van der Waals surface area contributed by atoms with E-state index in [9.17, 15) is 27.2 Å². The Bertz CT molecular complexity index is 1130. The number of hydrogen-bond donors (Lipinski definition) is 0. The molecule has 2 aliphatic rings. The summed E-state index contributed by atoms with van der Waals surface area (Å²) in [6.07, 6.45) is 1.65. The van der Waals surface area contributed by atoms with Gasteiger partial charge in [-0.05, 0) is 75.4 Å². The van der Waals surface area contributed by atoms with E-state index in [-0.39, 0.29) is 5.91 Å². The van der Waals surface area contributed by atoms with Crippen LogP contribution in [0.25, 0.3) is 0 Å². The molecule has 0 saturated carbocycles. The van der Waals surface area contributed by atoms with Gasteiger partial charge in [0.15, 0.2) is 23.3 Å². The normalized spacial score (nSPS) is 19.1. The summed E-state index contributed by atoms with van der Waals surface area (Å²) >= 11 is 0. The Morgan fingerprint density at radius 1 is 0.816 bits per heavy atom. The summed E-state index contributed by atoms with van der Waals surface area (Å²) in [6.45, 7) is 7.13. The van der Waals surface area contributed by atoms with Gasteiger partial charge in [-0.3, -0.25) is 14.6 Å². The fourth-order valence-electron chi connectivity index (χ4n) is 5.12. The van der Waals surface area contributed by atoms with Crippen molar-refractivity contribution in [3.63, 3.8) is 0 Å². The maximum atomic E-state index is 14.1. The first-order valence-corrected chi connectivity index (χ1v) is 12.9. The maximum Gasteiger partial charge on any atom is 0.410 e. The van der Waals surface area contributed by atoms with Crippen molar-refractivity contribution in [2.24, 2.45) is 0 Å². The van der Waals surface area contributed by atoms with Gasteiger partial charge in [0.25, 0.3) is 0 Å². The molecule has 0 aromatic heterocycles. The van der Waals surface area contributed by atoms with Gasteiger partial charge in [-0.25, -0.2) is 22.4 Å². The fourth-order valence-corrected chi connectivity index (χ4v) is 5.12. The quantitative estimate of drug-likeness (QED) is 0.501. The molecule has 206 valence electrons. The van der Waals surface area contributed by atoms with Gasteiger partial charge in [-0.15, -0.1) is 0 Å². The summed E-state index contributed by atoms with van der Waals surface area (Å²) in [6, 6.07) is 5.67. The molecule has 2 fully saturated rings. The number of benzene rings is 2. The summed E-state index contributed by atoms with van der Waals surface area (Å²) in [5, 5.41) is 0. The van der Waals surface area contributed by atoms with E-state index in [1.165, 1.54) is 17.0 Å². The summed E-state index contributed by atoms with van der Waals surface area (Å²) in [5.41, 5.74) is 0.0960. The third-order valence-corrected chi connectivity index (χ3v) is 6.93. The first kappa shape index (κ1) is 27.9. The summed E-state index contributed by atoms with van der Waals surface area (Å²) in [5.74, 6) is -4.25. The van der Waals surface area contributed by atoms with Crippen LogP contribution in [0.2, 0.25) is 0 Å². The van der Waals surface area contributed by atoms with E-state index < -0.39 is 47.0 Å². The third-order valence-electron chi connectivity index (χ3n) is 6.93. The zero-order chi connectivity index (χ0) is 27.6. The molecule has 4 rings (SSSR count). The number of piperazine rings is 1. The van der Waals surface area contributed by atoms with E-state index in [1.807, 2.05) is 4.90 Å². The number of ether oxygens (including phenoxy) is 1. The lowest BCUT2D eigenvalue weighted by Crippen LogP contribution is -2.58. The van der Waals surface area contributed by atoms with Crippen LogP contribution < -0.4 is 0 Å². The number of carbonyl (C=O) groups excluding carboxylic acids is 2. The van der Waals surface area contributed by atoms with E-state index in [0.29, 0.717) is 50.3 Å². The minimum absolute atomic E-state index is 0.160. The van der Waals surface area contributed by atoms with Crippen LogP contribution in [0.1, 0.15) is 57.2 Å². The third kappa shape index (κ3) is 6.28. The standard InChI is InChI=1S/C28H33F4N3O3/c1-28(2,3)38-27(37)35-11-5-4-6-24(35)26(36)34-14-12-33(13-15-34)25(18-7-9-20(29)22(31)16-18)19-8-10-21(30)23(32)17-19/h7-10,16-17,24-25H,4-6,11-15H2,1-3H3. The van der Waals surface area contributed by atoms with Gasteiger partial charge < -0.3 is 9.64 Å². The predicted octanol–water partition coefficient (Wildman–Crippen LogP) is 5.27. The molecular formula is C28H33F4N3O3. The number of piperidine rings is 1. The molecule has 0 radical (unpaired) electrons. The number of likely N-dealkylation sites (tertiary alicyclic amines) is 1. The highest BCUT2D eigenvalue weighted by molar-refractivity contribution is 5.86. The molecule has 0 aliphatic carbocycles. The summed E-state index contributed by atoms with van der Waals surface area (Å²) in [4.78, 5) is 31.4. The van der Waals surface area contributed by atoms with Gasteiger partial charge >= 0.3 is 6.09 Å². The van der Waals surface area contributed by atoms with Gasteiger partial charge in [0.2, 0.25) is 5.91 Å². The van der Waals surface area contributed by atoms with Crippen LogP contribution in [0.3, 0.4) is 0 Å². The molecule has 1 atom stereocenters. The van der Waals surface area contributed by atoms with E-state index in [4.69, 9.17) is 4.74 Å². The molecule has 2 aromatic carbocycles. The van der Waals surface area contributed by atoms with E-state index in [2.05, 4.69) is 0 Å². The lowest BCUT2D eigenvalue weighted by atomic mass is 9.95. The molecule has 2 heterocycles. The summed E-state index contributed by atoms with van der Waals surface area (Å²) < 4.78 is 61.0.